The molecule has 1 unspecified atom stereocenters. The first-order valence-electron chi connectivity index (χ1n) is 5.35. The average Bonchev–Trinajstić information content (AvgIpc) is 2.27. The quantitative estimate of drug-likeness (QED) is 0.795. The number of carboxylic acids is 1. The molecule has 0 fully saturated rings. The number of halogens is 1. The summed E-state index contributed by atoms with van der Waals surface area (Å²) in [6.45, 7) is 3.77. The Morgan fingerprint density at radius 2 is 2.29 bits per heavy atom. The van der Waals surface area contributed by atoms with E-state index >= 15 is 0 Å². The third kappa shape index (κ3) is 3.71. The molecule has 0 saturated carbocycles. The summed E-state index contributed by atoms with van der Waals surface area (Å²) in [5, 5.41) is 11.9. The van der Waals surface area contributed by atoms with Crippen molar-refractivity contribution in [2.75, 3.05) is 13.2 Å². The molecule has 0 bridgehead atoms. The zero-order valence-corrected chi connectivity index (χ0v) is 9.87. The van der Waals surface area contributed by atoms with E-state index in [2.05, 4.69) is 5.32 Å². The Hall–Kier alpha value is -1.62. The minimum atomic E-state index is -1.18. The molecular formula is C12H16FNO3. The fourth-order valence-electron chi connectivity index (χ4n) is 1.36. The summed E-state index contributed by atoms with van der Waals surface area (Å²) >= 11 is 0. The van der Waals surface area contributed by atoms with E-state index in [9.17, 15) is 9.18 Å². The molecular weight excluding hydrogens is 225 g/mol. The highest BCUT2D eigenvalue weighted by Gasteiger charge is 2.33. The summed E-state index contributed by atoms with van der Waals surface area (Å²) in [4.78, 5) is 11.1. The molecule has 0 aliphatic rings. The lowest BCUT2D eigenvalue weighted by atomic mass is 10.0. The third-order valence-electron chi connectivity index (χ3n) is 2.36. The van der Waals surface area contributed by atoms with Crippen LogP contribution in [-0.2, 0) is 4.79 Å². The van der Waals surface area contributed by atoms with E-state index in [0.29, 0.717) is 12.3 Å². The van der Waals surface area contributed by atoms with Gasteiger partial charge in [-0.05, 0) is 25.6 Å². The van der Waals surface area contributed by atoms with Crippen LogP contribution in [0.1, 0.15) is 13.8 Å². The van der Waals surface area contributed by atoms with Gasteiger partial charge in [0, 0.05) is 6.07 Å². The molecule has 0 aromatic heterocycles. The van der Waals surface area contributed by atoms with Crippen molar-refractivity contribution in [3.05, 3.63) is 30.1 Å². The second-order valence-corrected chi connectivity index (χ2v) is 3.91. The van der Waals surface area contributed by atoms with Gasteiger partial charge in [0.2, 0.25) is 0 Å². The van der Waals surface area contributed by atoms with Crippen LogP contribution in [-0.4, -0.2) is 29.8 Å². The number of ether oxygens (including phenoxy) is 1. The Kier molecular flexibility index (Phi) is 4.45. The van der Waals surface area contributed by atoms with Gasteiger partial charge in [0.25, 0.3) is 0 Å². The molecule has 1 aromatic carbocycles. The predicted octanol–water partition coefficient (Wildman–Crippen LogP) is 1.66. The molecule has 1 rings (SSSR count). The van der Waals surface area contributed by atoms with Gasteiger partial charge in [-0.25, -0.2) is 4.39 Å². The van der Waals surface area contributed by atoms with Gasteiger partial charge in [0.05, 0.1) is 0 Å². The Morgan fingerprint density at radius 1 is 1.59 bits per heavy atom. The van der Waals surface area contributed by atoms with Crippen LogP contribution in [0, 0.1) is 5.82 Å². The van der Waals surface area contributed by atoms with Gasteiger partial charge < -0.3 is 9.84 Å². The lowest BCUT2D eigenvalue weighted by Crippen LogP contribution is -2.53. The van der Waals surface area contributed by atoms with Gasteiger partial charge in [-0.2, -0.15) is 0 Å². The minimum Gasteiger partial charge on any atom is -0.491 e. The van der Waals surface area contributed by atoms with Gasteiger partial charge in [-0.15, -0.1) is 0 Å². The van der Waals surface area contributed by atoms with Crippen LogP contribution in [0.4, 0.5) is 4.39 Å². The van der Waals surface area contributed by atoms with E-state index in [1.54, 1.807) is 6.07 Å². The van der Waals surface area contributed by atoms with Crippen LogP contribution in [0.15, 0.2) is 24.3 Å². The second kappa shape index (κ2) is 5.63. The predicted molar refractivity (Wildman–Crippen MR) is 61.6 cm³/mol. The molecule has 2 N–H and O–H groups in total. The van der Waals surface area contributed by atoms with Gasteiger partial charge in [-0.1, -0.05) is 13.0 Å². The van der Waals surface area contributed by atoms with Crippen molar-refractivity contribution in [2.24, 2.45) is 0 Å². The van der Waals surface area contributed by atoms with E-state index in [4.69, 9.17) is 9.84 Å². The lowest BCUT2D eigenvalue weighted by Gasteiger charge is -2.25. The Morgan fingerprint density at radius 3 is 2.82 bits per heavy atom. The van der Waals surface area contributed by atoms with E-state index in [-0.39, 0.29) is 6.61 Å². The first-order valence-corrected chi connectivity index (χ1v) is 5.35. The largest absolute Gasteiger partial charge is 0.491 e. The maximum Gasteiger partial charge on any atom is 0.327 e. The van der Waals surface area contributed by atoms with Crippen LogP contribution in [0.3, 0.4) is 0 Å². The summed E-state index contributed by atoms with van der Waals surface area (Å²) < 4.78 is 18.2. The van der Waals surface area contributed by atoms with Crippen LogP contribution in [0.2, 0.25) is 0 Å². The molecule has 0 amide bonds. The molecule has 17 heavy (non-hydrogen) atoms. The molecule has 1 aromatic rings. The molecule has 0 heterocycles. The molecule has 0 aliphatic heterocycles. The first-order chi connectivity index (χ1) is 7.98. The zero-order chi connectivity index (χ0) is 12.9. The normalized spacial score (nSPS) is 14.1. The second-order valence-electron chi connectivity index (χ2n) is 3.91. The van der Waals surface area contributed by atoms with Crippen LogP contribution < -0.4 is 10.1 Å². The van der Waals surface area contributed by atoms with Gasteiger partial charge in [-0.3, -0.25) is 10.1 Å². The highest BCUT2D eigenvalue weighted by molar-refractivity contribution is 5.78. The Balaban J connectivity index is 2.67. The number of benzene rings is 1. The number of likely N-dealkylation sites (N-methyl/N-ethyl adjacent to an activating group) is 1. The number of hydrogen-bond acceptors (Lipinski definition) is 3. The number of nitrogens with one attached hydrogen (secondary N) is 1. The fraction of sp³-hybridized carbons (Fsp3) is 0.417. The monoisotopic (exact) mass is 241 g/mol. The average molecular weight is 241 g/mol. The van der Waals surface area contributed by atoms with Crippen molar-refractivity contribution < 1.29 is 19.0 Å². The van der Waals surface area contributed by atoms with Crippen LogP contribution in [0.25, 0.3) is 0 Å². The molecule has 0 spiro atoms. The fourth-order valence-corrected chi connectivity index (χ4v) is 1.36. The number of hydrogen-bond donors (Lipinski definition) is 2. The Labute approximate surface area is 99.4 Å². The summed E-state index contributed by atoms with van der Waals surface area (Å²) in [6, 6.07) is 5.61. The molecule has 1 atom stereocenters. The van der Waals surface area contributed by atoms with E-state index in [1.165, 1.54) is 25.1 Å². The zero-order valence-electron chi connectivity index (χ0n) is 9.87. The first kappa shape index (κ1) is 13.4. The Bertz CT molecular complexity index is 397. The van der Waals surface area contributed by atoms with Gasteiger partial charge in [0.1, 0.15) is 23.7 Å². The molecule has 94 valence electrons. The summed E-state index contributed by atoms with van der Waals surface area (Å²) in [5.74, 6) is -1.10. The van der Waals surface area contributed by atoms with Crippen LogP contribution in [0.5, 0.6) is 5.75 Å². The number of aliphatic carboxylic acids is 1. The third-order valence-corrected chi connectivity index (χ3v) is 2.36. The smallest absolute Gasteiger partial charge is 0.327 e. The highest BCUT2D eigenvalue weighted by atomic mass is 19.1. The van der Waals surface area contributed by atoms with Crippen molar-refractivity contribution in [2.45, 2.75) is 19.4 Å². The molecule has 0 aliphatic carbocycles. The van der Waals surface area contributed by atoms with E-state index in [1.807, 2.05) is 6.92 Å². The molecule has 4 nitrogen and oxygen atoms in total. The van der Waals surface area contributed by atoms with Gasteiger partial charge in [0.15, 0.2) is 0 Å². The molecule has 5 heteroatoms. The summed E-state index contributed by atoms with van der Waals surface area (Å²) in [7, 11) is 0. The van der Waals surface area contributed by atoms with Gasteiger partial charge >= 0.3 is 5.97 Å². The van der Waals surface area contributed by atoms with Crippen molar-refractivity contribution in [3.63, 3.8) is 0 Å². The number of carboxylic acid groups (broad SMARTS) is 1. The number of rotatable bonds is 6. The van der Waals surface area contributed by atoms with Crippen LogP contribution >= 0.6 is 0 Å². The van der Waals surface area contributed by atoms with Crippen molar-refractivity contribution in [1.29, 1.82) is 0 Å². The van der Waals surface area contributed by atoms with E-state index < -0.39 is 17.3 Å². The topological polar surface area (TPSA) is 58.6 Å². The van der Waals surface area contributed by atoms with E-state index in [0.717, 1.165) is 0 Å². The minimum absolute atomic E-state index is 0.0698. The maximum atomic E-state index is 12.9. The van der Waals surface area contributed by atoms with Crippen molar-refractivity contribution in [1.82, 2.24) is 5.32 Å². The number of carbonyl (C=O) groups is 1. The van der Waals surface area contributed by atoms with Crippen molar-refractivity contribution in [3.8, 4) is 5.75 Å². The summed E-state index contributed by atoms with van der Waals surface area (Å²) in [6.07, 6.45) is 0. The maximum absolute atomic E-state index is 12.9. The molecule has 0 saturated heterocycles. The highest BCUT2D eigenvalue weighted by Crippen LogP contribution is 2.14. The molecule has 0 radical (unpaired) electrons. The SMILES string of the molecule is CCNC(C)(COc1cccc(F)c1)C(=O)O. The van der Waals surface area contributed by atoms with Crippen molar-refractivity contribution >= 4 is 5.97 Å². The summed E-state index contributed by atoms with van der Waals surface area (Å²) in [5.41, 5.74) is -1.18. The standard InChI is InChI=1S/C12H16FNO3/c1-3-14-12(2,11(15)16)8-17-10-6-4-5-9(13)7-10/h4-7,14H,3,8H2,1-2H3,(H,15,16). The lowest BCUT2D eigenvalue weighted by molar-refractivity contribution is -0.145.